The number of anilines is 1. The monoisotopic (exact) mass is 261 g/mol. The van der Waals surface area contributed by atoms with Crippen LogP contribution in [0.1, 0.15) is 24.8 Å². The molecule has 106 valence electrons. The molecule has 3 nitrogen and oxygen atoms in total. The lowest BCUT2D eigenvalue weighted by atomic mass is 10.1. The molecule has 1 fully saturated rings. The molecule has 0 aromatic heterocycles. The highest BCUT2D eigenvalue weighted by Gasteiger charge is 2.10. The maximum Gasteiger partial charge on any atom is 0.0366 e. The molecule has 1 aromatic rings. The van der Waals surface area contributed by atoms with Crippen molar-refractivity contribution in [2.24, 2.45) is 0 Å². The fourth-order valence-corrected chi connectivity index (χ4v) is 2.51. The van der Waals surface area contributed by atoms with Gasteiger partial charge in [0.15, 0.2) is 0 Å². The highest BCUT2D eigenvalue weighted by atomic mass is 15.1. The molecule has 0 saturated carbocycles. The molecular formula is C16H27N3. The molecular weight excluding hydrogens is 234 g/mol. The quantitative estimate of drug-likeness (QED) is 0.793. The molecule has 0 aliphatic carbocycles. The van der Waals surface area contributed by atoms with Gasteiger partial charge in [-0.05, 0) is 51.1 Å². The van der Waals surface area contributed by atoms with Crippen LogP contribution >= 0.6 is 0 Å². The summed E-state index contributed by atoms with van der Waals surface area (Å²) < 4.78 is 0. The molecule has 0 amide bonds. The van der Waals surface area contributed by atoms with Crippen LogP contribution in [-0.4, -0.2) is 45.2 Å². The fourth-order valence-electron chi connectivity index (χ4n) is 2.51. The van der Waals surface area contributed by atoms with Crippen LogP contribution in [0.15, 0.2) is 24.3 Å². The number of benzene rings is 1. The molecule has 1 aliphatic rings. The molecule has 3 heteroatoms. The van der Waals surface area contributed by atoms with Crippen LogP contribution in [0.4, 0.5) is 5.69 Å². The number of hydrogen-bond acceptors (Lipinski definition) is 3. The van der Waals surface area contributed by atoms with Crippen molar-refractivity contribution in [2.45, 2.75) is 25.8 Å². The first-order valence-electron chi connectivity index (χ1n) is 7.45. The van der Waals surface area contributed by atoms with Crippen LogP contribution in [0.5, 0.6) is 0 Å². The first-order valence-corrected chi connectivity index (χ1v) is 7.45. The average Bonchev–Trinajstić information content (AvgIpc) is 2.45. The van der Waals surface area contributed by atoms with Crippen molar-refractivity contribution in [2.75, 3.05) is 45.2 Å². The summed E-state index contributed by atoms with van der Waals surface area (Å²) in [5.41, 5.74) is 2.76. The molecule has 0 atom stereocenters. The van der Waals surface area contributed by atoms with E-state index in [1.807, 2.05) is 0 Å². The highest BCUT2D eigenvalue weighted by molar-refractivity contribution is 5.47. The predicted octanol–water partition coefficient (Wildman–Crippen LogP) is 2.33. The van der Waals surface area contributed by atoms with E-state index in [9.17, 15) is 0 Å². The zero-order valence-electron chi connectivity index (χ0n) is 12.4. The van der Waals surface area contributed by atoms with Crippen molar-refractivity contribution < 1.29 is 0 Å². The number of hydrogen-bond donors (Lipinski definition) is 1. The summed E-state index contributed by atoms with van der Waals surface area (Å²) in [6, 6.07) is 9.06. The van der Waals surface area contributed by atoms with E-state index < -0.39 is 0 Å². The second kappa shape index (κ2) is 7.51. The lowest BCUT2D eigenvalue weighted by Gasteiger charge is -2.28. The lowest BCUT2D eigenvalue weighted by molar-refractivity contribution is 0.400. The van der Waals surface area contributed by atoms with E-state index in [1.54, 1.807) is 0 Å². The Balaban J connectivity index is 1.77. The van der Waals surface area contributed by atoms with Crippen LogP contribution < -0.4 is 10.2 Å². The van der Waals surface area contributed by atoms with Gasteiger partial charge in [-0.25, -0.2) is 0 Å². The molecule has 1 N–H and O–H groups in total. The molecule has 0 spiro atoms. The van der Waals surface area contributed by atoms with Gasteiger partial charge >= 0.3 is 0 Å². The molecule has 1 saturated heterocycles. The first-order chi connectivity index (χ1) is 9.25. The van der Waals surface area contributed by atoms with Crippen molar-refractivity contribution in [1.29, 1.82) is 0 Å². The molecule has 0 bridgehead atoms. The zero-order valence-corrected chi connectivity index (χ0v) is 12.4. The van der Waals surface area contributed by atoms with Crippen LogP contribution in [0.25, 0.3) is 0 Å². The molecule has 0 unspecified atom stereocenters. The van der Waals surface area contributed by atoms with Crippen LogP contribution in [0, 0.1) is 0 Å². The Hall–Kier alpha value is -1.06. The Labute approximate surface area is 117 Å². The van der Waals surface area contributed by atoms with Gasteiger partial charge in [0.05, 0.1) is 0 Å². The van der Waals surface area contributed by atoms with Gasteiger partial charge in [0, 0.05) is 38.4 Å². The van der Waals surface area contributed by atoms with Crippen LogP contribution in [0.2, 0.25) is 0 Å². The number of piperidine rings is 1. The van der Waals surface area contributed by atoms with Crippen molar-refractivity contribution >= 4 is 5.69 Å². The number of nitrogens with one attached hydrogen (secondary N) is 1. The smallest absolute Gasteiger partial charge is 0.0366 e. The summed E-state index contributed by atoms with van der Waals surface area (Å²) >= 11 is 0. The third kappa shape index (κ3) is 4.84. The minimum absolute atomic E-state index is 0.966. The molecule has 1 aliphatic heterocycles. The van der Waals surface area contributed by atoms with Crippen LogP contribution in [-0.2, 0) is 6.54 Å². The van der Waals surface area contributed by atoms with Gasteiger partial charge in [0.2, 0.25) is 0 Å². The average molecular weight is 261 g/mol. The second-order valence-corrected chi connectivity index (χ2v) is 5.69. The Morgan fingerprint density at radius 1 is 1.05 bits per heavy atom. The minimum atomic E-state index is 0.966. The van der Waals surface area contributed by atoms with Crippen LogP contribution in [0.3, 0.4) is 0 Å². The normalized spacial score (nSPS) is 16.1. The topological polar surface area (TPSA) is 18.5 Å². The minimum Gasteiger partial charge on any atom is -0.372 e. The van der Waals surface area contributed by atoms with E-state index in [0.717, 1.165) is 19.6 Å². The van der Waals surface area contributed by atoms with E-state index in [2.05, 4.69) is 53.5 Å². The van der Waals surface area contributed by atoms with Gasteiger partial charge in [-0.15, -0.1) is 0 Å². The maximum atomic E-state index is 3.48. The van der Waals surface area contributed by atoms with E-state index >= 15 is 0 Å². The predicted molar refractivity (Wildman–Crippen MR) is 82.8 cm³/mol. The fraction of sp³-hybridized carbons (Fsp3) is 0.625. The van der Waals surface area contributed by atoms with E-state index in [4.69, 9.17) is 0 Å². The van der Waals surface area contributed by atoms with E-state index in [1.165, 1.54) is 43.6 Å². The summed E-state index contributed by atoms with van der Waals surface area (Å²) in [5.74, 6) is 0. The summed E-state index contributed by atoms with van der Waals surface area (Å²) in [6.45, 7) is 5.54. The summed E-state index contributed by atoms with van der Waals surface area (Å²) in [4.78, 5) is 4.71. The Morgan fingerprint density at radius 2 is 1.74 bits per heavy atom. The standard InChI is InChI=1S/C16H27N3/c1-18(2)13-10-17-14-15-6-8-16(9-7-15)19-11-4-3-5-12-19/h6-9,17H,3-5,10-14H2,1-2H3. The first kappa shape index (κ1) is 14.4. The Morgan fingerprint density at radius 3 is 2.37 bits per heavy atom. The number of likely N-dealkylation sites (N-methyl/N-ethyl adjacent to an activating group) is 1. The third-order valence-electron chi connectivity index (χ3n) is 3.72. The van der Waals surface area contributed by atoms with Gasteiger partial charge in [-0.1, -0.05) is 12.1 Å². The van der Waals surface area contributed by atoms with Crippen molar-refractivity contribution in [3.63, 3.8) is 0 Å². The number of nitrogens with zero attached hydrogens (tertiary/aromatic N) is 2. The molecule has 1 heterocycles. The maximum absolute atomic E-state index is 3.48. The molecule has 2 rings (SSSR count). The lowest BCUT2D eigenvalue weighted by Crippen LogP contribution is -2.29. The van der Waals surface area contributed by atoms with Crippen molar-refractivity contribution in [1.82, 2.24) is 10.2 Å². The second-order valence-electron chi connectivity index (χ2n) is 5.69. The Bertz CT molecular complexity index is 353. The van der Waals surface area contributed by atoms with Gasteiger partial charge < -0.3 is 15.1 Å². The molecule has 19 heavy (non-hydrogen) atoms. The van der Waals surface area contributed by atoms with Crippen molar-refractivity contribution in [3.05, 3.63) is 29.8 Å². The van der Waals surface area contributed by atoms with E-state index in [0.29, 0.717) is 0 Å². The van der Waals surface area contributed by atoms with Gasteiger partial charge in [0.25, 0.3) is 0 Å². The summed E-state index contributed by atoms with van der Waals surface area (Å²) in [5, 5.41) is 3.48. The van der Waals surface area contributed by atoms with Gasteiger partial charge in [-0.3, -0.25) is 0 Å². The van der Waals surface area contributed by atoms with Gasteiger partial charge in [-0.2, -0.15) is 0 Å². The SMILES string of the molecule is CN(C)CCNCc1ccc(N2CCCCC2)cc1. The van der Waals surface area contributed by atoms with E-state index in [-0.39, 0.29) is 0 Å². The Kier molecular flexibility index (Phi) is 5.67. The number of rotatable bonds is 6. The molecule has 1 aromatic carbocycles. The zero-order chi connectivity index (χ0) is 13.5. The largest absolute Gasteiger partial charge is 0.372 e. The summed E-state index contributed by atoms with van der Waals surface area (Å²) in [7, 11) is 4.21. The third-order valence-corrected chi connectivity index (χ3v) is 3.72. The summed E-state index contributed by atoms with van der Waals surface area (Å²) in [6.07, 6.45) is 4.08. The molecule has 0 radical (unpaired) electrons. The highest BCUT2D eigenvalue weighted by Crippen LogP contribution is 2.20. The van der Waals surface area contributed by atoms with Gasteiger partial charge in [0.1, 0.15) is 0 Å². The van der Waals surface area contributed by atoms with Crippen molar-refractivity contribution in [3.8, 4) is 0 Å².